The fourth-order valence-electron chi connectivity index (χ4n) is 2.48. The van der Waals surface area contributed by atoms with Gasteiger partial charge in [0.2, 0.25) is 0 Å². The van der Waals surface area contributed by atoms with Crippen LogP contribution in [0.15, 0.2) is 54.9 Å². The number of methoxy groups -OCH3 is 1. The number of hydrogen-bond donors (Lipinski definition) is 1. The summed E-state index contributed by atoms with van der Waals surface area (Å²) in [7, 11) is 1.61. The van der Waals surface area contributed by atoms with E-state index in [0.29, 0.717) is 18.7 Å². The monoisotopic (exact) mass is 339 g/mol. The Bertz CT molecular complexity index is 810. The number of nitrogens with one attached hydrogen (secondary N) is 1. The molecule has 1 unspecified atom stereocenters. The first kappa shape index (κ1) is 16.8. The molecule has 3 rings (SSSR count). The van der Waals surface area contributed by atoms with Gasteiger partial charge in [0.25, 0.3) is 5.91 Å². The Morgan fingerprint density at radius 3 is 2.68 bits per heavy atom. The average Bonchev–Trinajstić information content (AvgIpc) is 3.05. The van der Waals surface area contributed by atoms with Crippen LogP contribution in [-0.2, 0) is 11.2 Å². The summed E-state index contributed by atoms with van der Waals surface area (Å²) < 4.78 is 12.7. The van der Waals surface area contributed by atoms with Crippen LogP contribution < -0.4 is 14.8 Å². The highest BCUT2D eigenvalue weighted by atomic mass is 16.5. The molecule has 1 N–H and O–H groups in total. The number of pyridine rings is 1. The second-order valence-electron chi connectivity index (χ2n) is 5.67. The second-order valence-corrected chi connectivity index (χ2v) is 5.67. The van der Waals surface area contributed by atoms with Crippen LogP contribution in [-0.4, -0.2) is 35.1 Å². The normalized spacial score (nSPS) is 11.9. The molecular weight excluding hydrogens is 318 g/mol. The van der Waals surface area contributed by atoms with Crippen molar-refractivity contribution >= 4 is 11.6 Å². The third-order valence-electron chi connectivity index (χ3n) is 3.84. The zero-order valence-electron chi connectivity index (χ0n) is 14.3. The van der Waals surface area contributed by atoms with Gasteiger partial charge in [0, 0.05) is 25.4 Å². The number of aromatic nitrogens is 2. The smallest absolute Gasteiger partial charge is 0.260 e. The van der Waals surface area contributed by atoms with E-state index in [4.69, 9.17) is 9.47 Å². The Morgan fingerprint density at radius 2 is 1.96 bits per heavy atom. The molecule has 0 spiro atoms. The Labute approximate surface area is 146 Å². The van der Waals surface area contributed by atoms with E-state index in [1.807, 2.05) is 35.0 Å². The van der Waals surface area contributed by atoms with E-state index in [1.54, 1.807) is 38.3 Å². The van der Waals surface area contributed by atoms with Crippen LogP contribution >= 0.6 is 0 Å². The lowest BCUT2D eigenvalue weighted by atomic mass is 10.3. The first-order valence-corrected chi connectivity index (χ1v) is 8.17. The summed E-state index contributed by atoms with van der Waals surface area (Å²) in [5.41, 5.74) is 1.84. The number of hydrogen-bond acceptors (Lipinski definition) is 4. The average molecular weight is 339 g/mol. The van der Waals surface area contributed by atoms with Crippen LogP contribution in [0.4, 0.5) is 0 Å². The van der Waals surface area contributed by atoms with E-state index in [1.165, 1.54) is 0 Å². The molecule has 0 saturated heterocycles. The highest BCUT2D eigenvalue weighted by molar-refractivity contribution is 5.80. The summed E-state index contributed by atoms with van der Waals surface area (Å²) in [6, 6.07) is 13.0. The lowest BCUT2D eigenvalue weighted by molar-refractivity contribution is -0.127. The first-order chi connectivity index (χ1) is 12.2. The molecule has 6 nitrogen and oxygen atoms in total. The number of ether oxygens (including phenoxy) is 2. The van der Waals surface area contributed by atoms with Crippen molar-refractivity contribution in [2.75, 3.05) is 13.7 Å². The van der Waals surface area contributed by atoms with Gasteiger partial charge < -0.3 is 19.2 Å². The maximum absolute atomic E-state index is 12.1. The zero-order chi connectivity index (χ0) is 17.6. The maximum atomic E-state index is 12.1. The van der Waals surface area contributed by atoms with Crippen LogP contribution in [0.1, 0.15) is 12.6 Å². The number of fused-ring (bicyclic) bond motifs is 1. The summed E-state index contributed by atoms with van der Waals surface area (Å²) in [6.45, 7) is 2.24. The highest BCUT2D eigenvalue weighted by Crippen LogP contribution is 2.18. The molecule has 0 radical (unpaired) electrons. The van der Waals surface area contributed by atoms with Crippen LogP contribution in [0.5, 0.6) is 11.5 Å². The summed E-state index contributed by atoms with van der Waals surface area (Å²) in [6.07, 6.45) is 4.02. The fraction of sp³-hybridized carbons (Fsp3) is 0.263. The van der Waals surface area contributed by atoms with Crippen molar-refractivity contribution in [3.63, 3.8) is 0 Å². The molecule has 25 heavy (non-hydrogen) atoms. The lowest BCUT2D eigenvalue weighted by Crippen LogP contribution is -2.37. The van der Waals surface area contributed by atoms with Crippen molar-refractivity contribution in [3.05, 3.63) is 60.6 Å². The van der Waals surface area contributed by atoms with Gasteiger partial charge in [0.05, 0.1) is 12.8 Å². The molecule has 3 aromatic rings. The molecule has 0 fully saturated rings. The van der Waals surface area contributed by atoms with Gasteiger partial charge in [-0.3, -0.25) is 4.79 Å². The van der Waals surface area contributed by atoms with Crippen molar-refractivity contribution in [1.82, 2.24) is 14.7 Å². The van der Waals surface area contributed by atoms with Gasteiger partial charge in [-0.15, -0.1) is 0 Å². The van der Waals surface area contributed by atoms with E-state index >= 15 is 0 Å². The Kier molecular flexibility index (Phi) is 5.18. The molecular formula is C19H21N3O3. The quantitative estimate of drug-likeness (QED) is 0.718. The van der Waals surface area contributed by atoms with Gasteiger partial charge in [0.1, 0.15) is 17.1 Å². The molecule has 0 aliphatic carbocycles. The Morgan fingerprint density at radius 1 is 1.20 bits per heavy atom. The molecule has 2 heterocycles. The summed E-state index contributed by atoms with van der Waals surface area (Å²) in [4.78, 5) is 16.7. The van der Waals surface area contributed by atoms with Gasteiger partial charge in [0.15, 0.2) is 6.10 Å². The molecule has 0 aliphatic rings. The van der Waals surface area contributed by atoms with Crippen molar-refractivity contribution in [2.45, 2.75) is 19.4 Å². The summed E-state index contributed by atoms with van der Waals surface area (Å²) in [5, 5.41) is 2.88. The largest absolute Gasteiger partial charge is 0.497 e. The minimum absolute atomic E-state index is 0.153. The molecule has 1 aromatic carbocycles. The molecule has 0 aliphatic heterocycles. The number of rotatable bonds is 7. The maximum Gasteiger partial charge on any atom is 0.260 e. The number of carbonyl (C=O) groups excluding carboxylic acids is 1. The molecule has 6 heteroatoms. The second kappa shape index (κ2) is 7.70. The third kappa shape index (κ3) is 4.29. The van der Waals surface area contributed by atoms with E-state index in [2.05, 4.69) is 10.3 Å². The molecule has 0 saturated carbocycles. The topological polar surface area (TPSA) is 64.9 Å². The minimum Gasteiger partial charge on any atom is -0.497 e. The minimum atomic E-state index is -0.575. The van der Waals surface area contributed by atoms with Crippen LogP contribution in [0, 0.1) is 0 Å². The predicted octanol–water partition coefficient (Wildman–Crippen LogP) is 2.47. The zero-order valence-corrected chi connectivity index (χ0v) is 14.3. The van der Waals surface area contributed by atoms with Crippen molar-refractivity contribution in [3.8, 4) is 11.5 Å². The van der Waals surface area contributed by atoms with Crippen molar-refractivity contribution in [1.29, 1.82) is 0 Å². The number of amides is 1. The van der Waals surface area contributed by atoms with Crippen LogP contribution in [0.3, 0.4) is 0 Å². The number of imidazole rings is 1. The SMILES string of the molecule is COc1ccc(OC(C)C(=O)NCCc2cn3ccccc3n2)cc1. The first-order valence-electron chi connectivity index (χ1n) is 8.17. The molecule has 0 bridgehead atoms. The Balaban J connectivity index is 1.47. The van der Waals surface area contributed by atoms with E-state index in [9.17, 15) is 4.79 Å². The Hall–Kier alpha value is -3.02. The molecule has 130 valence electrons. The third-order valence-corrected chi connectivity index (χ3v) is 3.84. The van der Waals surface area contributed by atoms with Crippen LogP contribution in [0.25, 0.3) is 5.65 Å². The van der Waals surface area contributed by atoms with Gasteiger partial charge in [-0.2, -0.15) is 0 Å². The van der Waals surface area contributed by atoms with Crippen LogP contribution in [0.2, 0.25) is 0 Å². The number of benzene rings is 1. The molecule has 1 amide bonds. The van der Waals surface area contributed by atoms with E-state index < -0.39 is 6.10 Å². The number of carbonyl (C=O) groups is 1. The van der Waals surface area contributed by atoms with Crippen molar-refractivity contribution in [2.24, 2.45) is 0 Å². The predicted molar refractivity (Wildman–Crippen MR) is 95.0 cm³/mol. The van der Waals surface area contributed by atoms with E-state index in [-0.39, 0.29) is 5.91 Å². The number of nitrogens with zero attached hydrogens (tertiary/aromatic N) is 2. The molecule has 2 aromatic heterocycles. The summed E-state index contributed by atoms with van der Waals surface area (Å²) >= 11 is 0. The van der Waals surface area contributed by atoms with Gasteiger partial charge >= 0.3 is 0 Å². The standard InChI is InChI=1S/C19H21N3O3/c1-14(25-17-8-6-16(24-2)7-9-17)19(23)20-11-10-15-13-22-12-4-3-5-18(22)21-15/h3-9,12-14H,10-11H2,1-2H3,(H,20,23). The van der Waals surface area contributed by atoms with Gasteiger partial charge in [-0.1, -0.05) is 6.07 Å². The fourth-order valence-corrected chi connectivity index (χ4v) is 2.48. The van der Waals surface area contributed by atoms with Gasteiger partial charge in [-0.05, 0) is 43.3 Å². The van der Waals surface area contributed by atoms with Gasteiger partial charge in [-0.25, -0.2) is 4.98 Å². The molecule has 1 atom stereocenters. The highest BCUT2D eigenvalue weighted by Gasteiger charge is 2.14. The van der Waals surface area contributed by atoms with Crippen molar-refractivity contribution < 1.29 is 14.3 Å². The lowest BCUT2D eigenvalue weighted by Gasteiger charge is -2.14. The summed E-state index contributed by atoms with van der Waals surface area (Å²) in [5.74, 6) is 1.22. The van der Waals surface area contributed by atoms with E-state index in [0.717, 1.165) is 17.1 Å².